The Labute approximate surface area is 208 Å². The maximum Gasteiger partial charge on any atom is 0.260 e. The molecule has 3 atom stereocenters. The minimum absolute atomic E-state index is 0.0699. The van der Waals surface area contributed by atoms with Gasteiger partial charge < -0.3 is 15.0 Å². The van der Waals surface area contributed by atoms with Gasteiger partial charge in [0.05, 0.1) is 25.2 Å². The zero-order valence-electron chi connectivity index (χ0n) is 22.4. The molecule has 190 valence electrons. The van der Waals surface area contributed by atoms with Crippen LogP contribution in [0.3, 0.4) is 0 Å². The van der Waals surface area contributed by atoms with Gasteiger partial charge >= 0.3 is 0 Å². The second-order valence-corrected chi connectivity index (χ2v) is 8.59. The van der Waals surface area contributed by atoms with Gasteiger partial charge in [-0.2, -0.15) is 4.98 Å². The number of alkyl halides is 3. The predicted octanol–water partition coefficient (Wildman–Crippen LogP) is 3.35. The maximum absolute atomic E-state index is 14.9. The number of fused-ring (bicyclic) bond motifs is 2. The van der Waals surface area contributed by atoms with Crippen molar-refractivity contribution in [3.8, 4) is 17.0 Å². The lowest BCUT2D eigenvalue weighted by Gasteiger charge is -2.34. The van der Waals surface area contributed by atoms with Crippen molar-refractivity contribution >= 4 is 28.4 Å². The molecule has 0 spiro atoms. The fourth-order valence-electron chi connectivity index (χ4n) is 4.36. The SMILES string of the molecule is [2H]C([2H])([2H])C(=O)N1CC[C@H](Nc2nc(OC)c3c(-c4ccc5nnn([C@@H](C)C(F)F)c5c4)ccn3n2)[C@H](F)C1. The van der Waals surface area contributed by atoms with Crippen LogP contribution in [0.1, 0.15) is 30.4 Å². The van der Waals surface area contributed by atoms with Gasteiger partial charge in [0.2, 0.25) is 17.7 Å². The summed E-state index contributed by atoms with van der Waals surface area (Å²) in [5, 5.41) is 15.2. The Balaban J connectivity index is 1.42. The normalized spacial score (nSPS) is 20.8. The van der Waals surface area contributed by atoms with Crippen molar-refractivity contribution in [2.45, 2.75) is 44.9 Å². The number of anilines is 1. The molecule has 1 aliphatic rings. The molecule has 1 amide bonds. The number of carbonyl (C=O) groups excluding carboxylic acids is 1. The lowest BCUT2D eigenvalue weighted by molar-refractivity contribution is -0.131. The smallest absolute Gasteiger partial charge is 0.260 e. The Kier molecular flexibility index (Phi) is 5.24. The lowest BCUT2D eigenvalue weighted by atomic mass is 10.0. The number of likely N-dealkylation sites (tertiary alicyclic amines) is 1. The third kappa shape index (κ3) is 4.18. The van der Waals surface area contributed by atoms with Crippen LogP contribution in [-0.2, 0) is 4.79 Å². The summed E-state index contributed by atoms with van der Waals surface area (Å²) in [5.41, 5.74) is 2.75. The Morgan fingerprint density at radius 2 is 2.17 bits per heavy atom. The summed E-state index contributed by atoms with van der Waals surface area (Å²) in [4.78, 5) is 17.4. The van der Waals surface area contributed by atoms with Crippen molar-refractivity contribution in [2.24, 2.45) is 0 Å². The van der Waals surface area contributed by atoms with Gasteiger partial charge in [-0.3, -0.25) is 4.79 Å². The Hall–Kier alpha value is -3.90. The molecule has 10 nitrogen and oxygen atoms in total. The van der Waals surface area contributed by atoms with E-state index in [2.05, 4.69) is 25.7 Å². The number of benzene rings is 1. The third-order valence-electron chi connectivity index (χ3n) is 6.35. The number of halogens is 3. The van der Waals surface area contributed by atoms with Crippen molar-refractivity contribution in [1.82, 2.24) is 34.5 Å². The van der Waals surface area contributed by atoms with E-state index in [1.807, 2.05) is 0 Å². The number of ether oxygens (including phenoxy) is 1. The molecule has 1 aliphatic heterocycles. The monoisotopic (exact) mass is 505 g/mol. The first-order chi connectivity index (χ1) is 18.5. The number of rotatable bonds is 6. The van der Waals surface area contributed by atoms with Crippen LogP contribution in [0.15, 0.2) is 30.5 Å². The molecule has 0 radical (unpaired) electrons. The Morgan fingerprint density at radius 3 is 2.89 bits per heavy atom. The first kappa shape index (κ1) is 20.3. The molecule has 1 saturated heterocycles. The van der Waals surface area contributed by atoms with Crippen LogP contribution < -0.4 is 10.1 Å². The molecule has 0 saturated carbocycles. The van der Waals surface area contributed by atoms with Crippen LogP contribution in [0.4, 0.5) is 19.1 Å². The van der Waals surface area contributed by atoms with Crippen LogP contribution in [0.2, 0.25) is 0 Å². The highest BCUT2D eigenvalue weighted by molar-refractivity contribution is 5.89. The number of piperidine rings is 1. The predicted molar refractivity (Wildman–Crippen MR) is 126 cm³/mol. The van der Waals surface area contributed by atoms with Crippen LogP contribution >= 0.6 is 0 Å². The zero-order valence-corrected chi connectivity index (χ0v) is 19.4. The van der Waals surface area contributed by atoms with E-state index in [4.69, 9.17) is 8.85 Å². The highest BCUT2D eigenvalue weighted by atomic mass is 19.3. The van der Waals surface area contributed by atoms with Crippen LogP contribution in [0.25, 0.3) is 27.7 Å². The topological polar surface area (TPSA) is 102 Å². The van der Waals surface area contributed by atoms with E-state index < -0.39 is 37.4 Å². The average molecular weight is 506 g/mol. The Morgan fingerprint density at radius 1 is 1.33 bits per heavy atom. The van der Waals surface area contributed by atoms with E-state index in [0.29, 0.717) is 27.7 Å². The minimum atomic E-state index is -2.82. The van der Waals surface area contributed by atoms with E-state index in [0.717, 1.165) is 4.90 Å². The quantitative estimate of drug-likeness (QED) is 0.429. The van der Waals surface area contributed by atoms with Gasteiger partial charge in [-0.05, 0) is 37.1 Å². The molecular weight excluding hydrogens is 477 g/mol. The first-order valence-electron chi connectivity index (χ1n) is 12.7. The zero-order chi connectivity index (χ0) is 28.1. The molecule has 0 aliphatic carbocycles. The molecule has 4 aromatic rings. The average Bonchev–Trinajstić information content (AvgIpc) is 3.51. The van der Waals surface area contributed by atoms with Crippen molar-refractivity contribution in [2.75, 3.05) is 25.5 Å². The van der Waals surface area contributed by atoms with E-state index in [-0.39, 0.29) is 31.3 Å². The minimum Gasteiger partial charge on any atom is -0.479 e. The number of nitrogens with zero attached hydrogens (tertiary/aromatic N) is 7. The van der Waals surface area contributed by atoms with Gasteiger partial charge in [-0.1, -0.05) is 11.3 Å². The van der Waals surface area contributed by atoms with Crippen molar-refractivity contribution < 1.29 is 26.8 Å². The second kappa shape index (κ2) is 9.28. The maximum atomic E-state index is 14.9. The van der Waals surface area contributed by atoms with Crippen LogP contribution in [0.5, 0.6) is 5.88 Å². The third-order valence-corrected chi connectivity index (χ3v) is 6.35. The second-order valence-electron chi connectivity index (χ2n) is 8.59. The first-order valence-corrected chi connectivity index (χ1v) is 11.2. The number of aromatic nitrogens is 6. The van der Waals surface area contributed by atoms with Crippen molar-refractivity contribution in [3.05, 3.63) is 30.5 Å². The van der Waals surface area contributed by atoms with Crippen molar-refractivity contribution in [3.63, 3.8) is 0 Å². The van der Waals surface area contributed by atoms with Gasteiger partial charge in [0.1, 0.15) is 23.2 Å². The summed E-state index contributed by atoms with van der Waals surface area (Å²) in [6.45, 7) is -1.75. The number of hydrogen-bond donors (Lipinski definition) is 1. The fourth-order valence-corrected chi connectivity index (χ4v) is 4.36. The summed E-state index contributed by atoms with van der Waals surface area (Å²) >= 11 is 0. The summed E-state index contributed by atoms with van der Waals surface area (Å²) in [7, 11) is 1.42. The molecule has 1 aromatic carbocycles. The van der Waals surface area contributed by atoms with E-state index in [1.165, 1.54) is 23.2 Å². The van der Waals surface area contributed by atoms with E-state index >= 15 is 0 Å². The van der Waals surface area contributed by atoms with Gasteiger partial charge in [0, 0.05) is 29.3 Å². The number of carbonyl (C=O) groups is 1. The number of methoxy groups -OCH3 is 1. The molecular formula is C23H25F3N8O2. The molecule has 13 heteroatoms. The molecule has 0 unspecified atom stereocenters. The highest BCUT2D eigenvalue weighted by Crippen LogP contribution is 2.34. The van der Waals surface area contributed by atoms with E-state index in [9.17, 15) is 18.0 Å². The molecule has 4 heterocycles. The van der Waals surface area contributed by atoms with Gasteiger partial charge in [0.25, 0.3) is 6.43 Å². The standard InChI is InChI=1S/C23H25F3N8O2/c1-12(21(25)26)34-19-10-14(4-5-18(19)29-31-34)15-6-9-33-20(15)22(36-3)28-23(30-33)27-17-7-8-32(13(2)35)11-16(17)24/h4-6,9-10,12,16-17,21H,7-8,11H2,1-3H3,(H,27,30)/t12-,16+,17-/m0/s1/i2D3. The highest BCUT2D eigenvalue weighted by Gasteiger charge is 2.31. The number of hydrogen-bond acceptors (Lipinski definition) is 7. The van der Waals surface area contributed by atoms with E-state index in [1.54, 1.807) is 30.5 Å². The largest absolute Gasteiger partial charge is 0.479 e. The molecule has 0 bridgehead atoms. The summed E-state index contributed by atoms with van der Waals surface area (Å²) in [6, 6.07) is 5.01. The number of amides is 1. The molecule has 36 heavy (non-hydrogen) atoms. The van der Waals surface area contributed by atoms with Gasteiger partial charge in [-0.25, -0.2) is 22.4 Å². The summed E-state index contributed by atoms with van der Waals surface area (Å²) < 4.78 is 71.6. The molecule has 1 N–H and O–H groups in total. The summed E-state index contributed by atoms with van der Waals surface area (Å²) in [6.07, 6.45) is -2.35. The lowest BCUT2D eigenvalue weighted by Crippen LogP contribution is -2.49. The van der Waals surface area contributed by atoms with Gasteiger partial charge in [0.15, 0.2) is 0 Å². The number of nitrogens with one attached hydrogen (secondary N) is 1. The van der Waals surface area contributed by atoms with Gasteiger partial charge in [-0.15, -0.1) is 10.2 Å². The van der Waals surface area contributed by atoms with Crippen molar-refractivity contribution in [1.29, 1.82) is 0 Å². The van der Waals surface area contributed by atoms with Crippen LogP contribution in [-0.4, -0.2) is 79.2 Å². The Bertz CT molecular complexity index is 1530. The molecule has 3 aromatic heterocycles. The molecule has 5 rings (SSSR count). The molecule has 1 fully saturated rings. The summed E-state index contributed by atoms with van der Waals surface area (Å²) in [5.74, 6) is -0.817. The van der Waals surface area contributed by atoms with Crippen LogP contribution in [0, 0.1) is 0 Å². The fraction of sp³-hybridized carbons (Fsp3) is 0.435.